The Morgan fingerprint density at radius 2 is 1.83 bits per heavy atom. The van der Waals surface area contributed by atoms with Crippen molar-refractivity contribution >= 4 is 14.3 Å². The summed E-state index contributed by atoms with van der Waals surface area (Å²) < 4.78 is 0. The molecule has 2 heteroatoms. The van der Waals surface area contributed by atoms with Crippen LogP contribution in [0.4, 0.5) is 0 Å². The molecular formula is C16H23NSi. The second kappa shape index (κ2) is 4.07. The second-order valence-electron chi connectivity index (χ2n) is 6.40. The summed E-state index contributed by atoms with van der Waals surface area (Å²) in [5.41, 5.74) is 8.52. The van der Waals surface area contributed by atoms with Crippen molar-refractivity contribution in [1.29, 1.82) is 0 Å². The van der Waals surface area contributed by atoms with Crippen molar-refractivity contribution < 1.29 is 0 Å². The lowest BCUT2D eigenvalue weighted by Crippen LogP contribution is -2.48. The lowest BCUT2D eigenvalue weighted by Gasteiger charge is -2.31. The van der Waals surface area contributed by atoms with E-state index in [0.717, 1.165) is 0 Å². The first kappa shape index (κ1) is 12.2. The Labute approximate surface area is 111 Å². The molecule has 3 rings (SSSR count). The number of aryl methyl sites for hydroxylation is 2. The van der Waals surface area contributed by atoms with Crippen molar-refractivity contribution in [3.05, 3.63) is 40.0 Å². The van der Waals surface area contributed by atoms with E-state index in [1.807, 2.05) is 0 Å². The Hall–Kier alpha value is -0.863. The molecule has 18 heavy (non-hydrogen) atoms. The lowest BCUT2D eigenvalue weighted by molar-refractivity contribution is 0.911. The van der Waals surface area contributed by atoms with Gasteiger partial charge in [0, 0.05) is 5.54 Å². The molecule has 0 saturated carbocycles. The topological polar surface area (TPSA) is 12.0 Å². The molecule has 0 aliphatic heterocycles. The predicted octanol–water partition coefficient (Wildman–Crippen LogP) is 3.64. The fraction of sp³-hybridized carbons (Fsp3) is 0.500. The Morgan fingerprint density at radius 3 is 2.50 bits per heavy atom. The Morgan fingerprint density at radius 1 is 1.17 bits per heavy atom. The smallest absolute Gasteiger partial charge is 0.130 e. The van der Waals surface area contributed by atoms with Crippen LogP contribution in [-0.4, -0.2) is 15.3 Å². The van der Waals surface area contributed by atoms with Crippen molar-refractivity contribution in [3.8, 4) is 0 Å². The summed E-state index contributed by atoms with van der Waals surface area (Å²) in [5, 5.41) is 0. The summed E-state index contributed by atoms with van der Waals surface area (Å²) in [7, 11) is 0.720. The molecule has 0 aromatic heterocycles. The van der Waals surface area contributed by atoms with Crippen molar-refractivity contribution in [2.45, 2.75) is 44.8 Å². The first-order chi connectivity index (χ1) is 8.53. The van der Waals surface area contributed by atoms with Crippen molar-refractivity contribution in [1.82, 2.24) is 4.98 Å². The Kier molecular flexibility index (Phi) is 2.76. The molecule has 0 amide bonds. The second-order valence-corrected chi connectivity index (χ2v) is 10.9. The van der Waals surface area contributed by atoms with Crippen LogP contribution in [0.5, 0.6) is 0 Å². The maximum absolute atomic E-state index is 3.62. The van der Waals surface area contributed by atoms with Gasteiger partial charge in [0.2, 0.25) is 0 Å². The third-order valence-electron chi connectivity index (χ3n) is 4.81. The lowest BCUT2D eigenvalue weighted by atomic mass is 10.0. The summed E-state index contributed by atoms with van der Waals surface area (Å²) in [4.78, 5) is 3.62. The molecule has 0 heterocycles. The molecule has 2 aliphatic carbocycles. The van der Waals surface area contributed by atoms with Gasteiger partial charge in [0.15, 0.2) is 0 Å². The van der Waals surface area contributed by atoms with Gasteiger partial charge in [-0.25, -0.2) is 0 Å². The average Bonchev–Trinajstić information content (AvgIpc) is 2.88. The average molecular weight is 257 g/mol. The standard InChI is InChI=1S/C16H23NSi/c1-11-8-14-9-12-6-5-7-13(12)10-15(14)16(11)18(3,4)17-2/h8-10,16-17H,5-7H2,1-4H3. The van der Waals surface area contributed by atoms with Gasteiger partial charge in [0.05, 0.1) is 0 Å². The summed E-state index contributed by atoms with van der Waals surface area (Å²) in [5.74, 6) is 0. The molecule has 1 N–H and O–H groups in total. The SMILES string of the molecule is CN[Si](C)(C)C1C(C)=Cc2cc3c(cc21)CCC3. The van der Waals surface area contributed by atoms with Crippen LogP contribution in [0.15, 0.2) is 17.7 Å². The van der Waals surface area contributed by atoms with Crippen LogP contribution in [0.25, 0.3) is 6.08 Å². The van der Waals surface area contributed by atoms with E-state index in [9.17, 15) is 0 Å². The Balaban J connectivity index is 2.11. The molecule has 1 aromatic carbocycles. The number of nitrogens with one attached hydrogen (secondary N) is 1. The Bertz CT molecular complexity index is 528. The minimum Gasteiger partial charge on any atom is -0.340 e. The maximum atomic E-state index is 3.62. The molecular weight excluding hydrogens is 234 g/mol. The molecule has 96 valence electrons. The first-order valence-electron chi connectivity index (χ1n) is 7.06. The van der Waals surface area contributed by atoms with Crippen molar-refractivity contribution in [2.75, 3.05) is 7.05 Å². The number of hydrogen-bond donors (Lipinski definition) is 1. The highest BCUT2D eigenvalue weighted by Crippen LogP contribution is 2.43. The highest BCUT2D eigenvalue weighted by atomic mass is 28.3. The van der Waals surface area contributed by atoms with Crippen LogP contribution in [0, 0.1) is 0 Å². The number of rotatable bonds is 2. The van der Waals surface area contributed by atoms with Gasteiger partial charge in [0.25, 0.3) is 0 Å². The van der Waals surface area contributed by atoms with E-state index in [2.05, 4.69) is 50.3 Å². The molecule has 0 bridgehead atoms. The van der Waals surface area contributed by atoms with E-state index in [-0.39, 0.29) is 0 Å². The van der Waals surface area contributed by atoms with Crippen LogP contribution < -0.4 is 4.98 Å². The summed E-state index contributed by atoms with van der Waals surface area (Å²) >= 11 is 0. The molecule has 0 saturated heterocycles. The van der Waals surface area contributed by atoms with Gasteiger partial charge in [0.1, 0.15) is 8.24 Å². The summed E-state index contributed by atoms with van der Waals surface area (Å²) in [6, 6.07) is 4.97. The minimum atomic E-state index is -1.41. The van der Waals surface area contributed by atoms with Gasteiger partial charge in [-0.3, -0.25) is 0 Å². The van der Waals surface area contributed by atoms with Gasteiger partial charge in [-0.2, -0.15) is 0 Å². The predicted molar refractivity (Wildman–Crippen MR) is 81.4 cm³/mol. The molecule has 1 aromatic rings. The normalized spacial score (nSPS) is 21.8. The van der Waals surface area contributed by atoms with Gasteiger partial charge in [-0.05, 0) is 55.5 Å². The zero-order valence-corrected chi connectivity index (χ0v) is 12.9. The zero-order chi connectivity index (χ0) is 12.9. The number of allylic oxidation sites excluding steroid dienone is 1. The third-order valence-corrected chi connectivity index (χ3v) is 8.31. The summed E-state index contributed by atoms with van der Waals surface area (Å²) in [6.07, 6.45) is 6.34. The number of hydrogen-bond acceptors (Lipinski definition) is 1. The van der Waals surface area contributed by atoms with E-state index in [1.54, 1.807) is 22.3 Å². The fourth-order valence-electron chi connectivity index (χ4n) is 3.71. The van der Waals surface area contributed by atoms with Crippen LogP contribution in [0.3, 0.4) is 0 Å². The summed E-state index contributed by atoms with van der Waals surface area (Å²) in [6.45, 7) is 7.19. The minimum absolute atomic E-state index is 0.656. The van der Waals surface area contributed by atoms with E-state index in [4.69, 9.17) is 0 Å². The molecule has 1 atom stereocenters. The largest absolute Gasteiger partial charge is 0.340 e. The fourth-order valence-corrected chi connectivity index (χ4v) is 6.25. The van der Waals surface area contributed by atoms with Crippen LogP contribution in [0.1, 0.15) is 41.1 Å². The van der Waals surface area contributed by atoms with E-state index in [0.29, 0.717) is 5.54 Å². The third kappa shape index (κ3) is 1.70. The van der Waals surface area contributed by atoms with Crippen molar-refractivity contribution in [2.24, 2.45) is 0 Å². The molecule has 1 nitrogen and oxygen atoms in total. The van der Waals surface area contributed by atoms with E-state index < -0.39 is 8.24 Å². The van der Waals surface area contributed by atoms with Gasteiger partial charge in [-0.1, -0.05) is 36.9 Å². The van der Waals surface area contributed by atoms with Gasteiger partial charge < -0.3 is 4.98 Å². The van der Waals surface area contributed by atoms with E-state index >= 15 is 0 Å². The maximum Gasteiger partial charge on any atom is 0.130 e. The van der Waals surface area contributed by atoms with E-state index in [1.165, 1.54) is 24.8 Å². The molecule has 0 radical (unpaired) electrons. The molecule has 1 unspecified atom stereocenters. The van der Waals surface area contributed by atoms with Crippen LogP contribution >= 0.6 is 0 Å². The van der Waals surface area contributed by atoms with Crippen LogP contribution in [-0.2, 0) is 12.8 Å². The first-order valence-corrected chi connectivity index (χ1v) is 10.1. The monoisotopic (exact) mass is 257 g/mol. The molecule has 0 fully saturated rings. The number of benzene rings is 1. The van der Waals surface area contributed by atoms with Gasteiger partial charge in [-0.15, -0.1) is 0 Å². The quantitative estimate of drug-likeness (QED) is 0.798. The molecule has 0 spiro atoms. The highest BCUT2D eigenvalue weighted by Gasteiger charge is 2.37. The highest BCUT2D eigenvalue weighted by molar-refractivity contribution is 6.77. The van der Waals surface area contributed by atoms with Crippen molar-refractivity contribution in [3.63, 3.8) is 0 Å². The van der Waals surface area contributed by atoms with Gasteiger partial charge >= 0.3 is 0 Å². The van der Waals surface area contributed by atoms with Crippen LogP contribution in [0.2, 0.25) is 13.1 Å². The molecule has 2 aliphatic rings. The number of fused-ring (bicyclic) bond motifs is 2. The zero-order valence-electron chi connectivity index (χ0n) is 11.9.